The minimum absolute atomic E-state index is 0.638. The summed E-state index contributed by atoms with van der Waals surface area (Å²) < 4.78 is 1.24. The van der Waals surface area contributed by atoms with Crippen LogP contribution >= 0.6 is 0 Å². The monoisotopic (exact) mass is 309 g/mol. The SMILES string of the molecule is Cc1c[c]([Hg])nc(C)n1. The first-order chi connectivity index (χ1) is 4.18. The Kier molecular flexibility index (Phi) is 2.16. The standard InChI is InChI=1S/C6H7N2.Hg/c1-5-3-4-7-6(2)8-5;/h3H,1-2H3;. The first kappa shape index (κ1) is 7.13. The fraction of sp³-hybridized carbons (Fsp3) is 0.333. The summed E-state index contributed by atoms with van der Waals surface area (Å²) in [6.07, 6.45) is 0. The van der Waals surface area contributed by atoms with Crippen LogP contribution in [0.4, 0.5) is 0 Å². The second-order valence-corrected chi connectivity index (χ2v) is 4.86. The zero-order chi connectivity index (χ0) is 6.85. The number of aromatic nitrogens is 2. The van der Waals surface area contributed by atoms with Crippen molar-refractivity contribution in [3.05, 3.63) is 17.6 Å². The maximum atomic E-state index is 4.21. The van der Waals surface area contributed by atoms with Crippen LogP contribution in [0.2, 0.25) is 0 Å². The van der Waals surface area contributed by atoms with Gasteiger partial charge in [-0.2, -0.15) is 0 Å². The Morgan fingerprint density at radius 2 is 2.00 bits per heavy atom. The normalized spacial score (nSPS) is 9.78. The molecular weight excluding hydrogens is 301 g/mol. The van der Waals surface area contributed by atoms with Gasteiger partial charge in [0.05, 0.1) is 0 Å². The minimum atomic E-state index is 0.638. The molecule has 1 rings (SSSR count). The summed E-state index contributed by atoms with van der Waals surface area (Å²) in [5, 5.41) is 0. The van der Waals surface area contributed by atoms with Gasteiger partial charge < -0.3 is 0 Å². The molecule has 0 unspecified atom stereocenters. The van der Waals surface area contributed by atoms with E-state index in [0.29, 0.717) is 26.1 Å². The zero-order valence-electron chi connectivity index (χ0n) is 5.68. The Balaban J connectivity index is 3.17. The van der Waals surface area contributed by atoms with Gasteiger partial charge in [-0.15, -0.1) is 0 Å². The van der Waals surface area contributed by atoms with Gasteiger partial charge in [0.15, 0.2) is 0 Å². The molecule has 2 nitrogen and oxygen atoms in total. The molecule has 0 aliphatic rings. The van der Waals surface area contributed by atoms with Crippen molar-refractivity contribution >= 4 is 3.20 Å². The zero-order valence-corrected chi connectivity index (χ0v) is 11.2. The number of nitrogens with zero attached hydrogens (tertiary/aromatic N) is 2. The van der Waals surface area contributed by atoms with Crippen LogP contribution in [0.25, 0.3) is 0 Å². The molecule has 3 heteroatoms. The van der Waals surface area contributed by atoms with Crippen molar-refractivity contribution in [2.24, 2.45) is 0 Å². The molecule has 0 aromatic carbocycles. The van der Waals surface area contributed by atoms with E-state index >= 15 is 0 Å². The van der Waals surface area contributed by atoms with Gasteiger partial charge in [0.2, 0.25) is 0 Å². The van der Waals surface area contributed by atoms with E-state index in [2.05, 4.69) is 16.0 Å². The second-order valence-electron chi connectivity index (χ2n) is 2.05. The van der Waals surface area contributed by atoms with Gasteiger partial charge in [-0.25, -0.2) is 0 Å². The Bertz CT molecular complexity index is 172. The Labute approximate surface area is 70.7 Å². The maximum absolute atomic E-state index is 4.21. The summed E-state index contributed by atoms with van der Waals surface area (Å²) in [6.45, 7) is 3.94. The van der Waals surface area contributed by atoms with Crippen molar-refractivity contribution in [2.45, 2.75) is 13.8 Å². The molecule has 9 heavy (non-hydrogen) atoms. The molecule has 1 aromatic rings. The third-order valence-corrected chi connectivity index (χ3v) is 2.43. The molecule has 0 N–H and O–H groups in total. The Morgan fingerprint density at radius 1 is 1.33 bits per heavy atom. The molecule has 0 bridgehead atoms. The van der Waals surface area contributed by atoms with E-state index in [1.807, 2.05) is 13.8 Å². The number of hydrogen-bond donors (Lipinski definition) is 0. The van der Waals surface area contributed by atoms with Crippen LogP contribution in [-0.4, -0.2) is 9.97 Å². The summed E-state index contributed by atoms with van der Waals surface area (Å²) >= 11 is 0.638. The van der Waals surface area contributed by atoms with Crippen LogP contribution in [0.3, 0.4) is 0 Å². The van der Waals surface area contributed by atoms with Crippen LogP contribution in [-0.2, 0) is 26.1 Å². The molecule has 0 aliphatic heterocycles. The van der Waals surface area contributed by atoms with E-state index in [9.17, 15) is 0 Å². The van der Waals surface area contributed by atoms with Crippen LogP contribution in [0.15, 0.2) is 6.07 Å². The molecular formula is C6H7HgN2. The summed E-state index contributed by atoms with van der Waals surface area (Å²) in [7, 11) is 0. The van der Waals surface area contributed by atoms with Crippen molar-refractivity contribution in [1.29, 1.82) is 0 Å². The number of hydrogen-bond acceptors (Lipinski definition) is 2. The summed E-state index contributed by atoms with van der Waals surface area (Å²) in [5.41, 5.74) is 1.09. The van der Waals surface area contributed by atoms with Crippen LogP contribution in [0.1, 0.15) is 11.5 Å². The molecule has 0 saturated heterocycles. The van der Waals surface area contributed by atoms with Crippen molar-refractivity contribution in [1.82, 2.24) is 9.97 Å². The van der Waals surface area contributed by atoms with Crippen molar-refractivity contribution < 1.29 is 26.1 Å². The summed E-state index contributed by atoms with van der Waals surface area (Å²) in [5.74, 6) is 0.903. The van der Waals surface area contributed by atoms with Gasteiger partial charge in [0.25, 0.3) is 0 Å². The second kappa shape index (κ2) is 2.73. The molecule has 0 spiro atoms. The van der Waals surface area contributed by atoms with Gasteiger partial charge in [0, 0.05) is 0 Å². The van der Waals surface area contributed by atoms with Crippen LogP contribution in [0, 0.1) is 13.8 Å². The molecule has 43 valence electrons. The van der Waals surface area contributed by atoms with Gasteiger partial charge in [-0.1, -0.05) is 0 Å². The van der Waals surface area contributed by atoms with E-state index < -0.39 is 0 Å². The summed E-state index contributed by atoms with van der Waals surface area (Å²) in [6, 6.07) is 2.05. The Hall–Kier alpha value is 0.0151. The average Bonchev–Trinajstić information content (AvgIpc) is 1.59. The fourth-order valence-electron chi connectivity index (χ4n) is 0.794. The van der Waals surface area contributed by atoms with Crippen LogP contribution < -0.4 is 3.20 Å². The molecule has 1 heterocycles. The third-order valence-electron chi connectivity index (χ3n) is 1.02. The van der Waals surface area contributed by atoms with Gasteiger partial charge in [-0.05, 0) is 0 Å². The van der Waals surface area contributed by atoms with Crippen LogP contribution in [0.5, 0.6) is 0 Å². The molecule has 0 atom stereocenters. The predicted molar refractivity (Wildman–Crippen MR) is 31.1 cm³/mol. The quantitative estimate of drug-likeness (QED) is 0.643. The summed E-state index contributed by atoms with van der Waals surface area (Å²) in [4.78, 5) is 8.36. The van der Waals surface area contributed by atoms with Gasteiger partial charge >= 0.3 is 70.7 Å². The van der Waals surface area contributed by atoms with Crippen molar-refractivity contribution in [3.63, 3.8) is 0 Å². The topological polar surface area (TPSA) is 25.8 Å². The van der Waals surface area contributed by atoms with E-state index in [1.54, 1.807) is 0 Å². The first-order valence-corrected chi connectivity index (χ1v) is 5.57. The van der Waals surface area contributed by atoms with Gasteiger partial charge in [-0.3, -0.25) is 0 Å². The fourth-order valence-corrected chi connectivity index (χ4v) is 2.83. The molecule has 0 fully saturated rings. The van der Waals surface area contributed by atoms with Crippen molar-refractivity contribution in [3.8, 4) is 0 Å². The third kappa shape index (κ3) is 2.01. The number of rotatable bonds is 0. The van der Waals surface area contributed by atoms with E-state index in [-0.39, 0.29) is 0 Å². The molecule has 0 radical (unpaired) electrons. The van der Waals surface area contributed by atoms with E-state index in [4.69, 9.17) is 0 Å². The average molecular weight is 308 g/mol. The number of aryl methyl sites for hydroxylation is 2. The molecule has 0 amide bonds. The Morgan fingerprint density at radius 3 is 2.44 bits per heavy atom. The first-order valence-electron chi connectivity index (χ1n) is 2.83. The van der Waals surface area contributed by atoms with Gasteiger partial charge in [0.1, 0.15) is 0 Å². The van der Waals surface area contributed by atoms with E-state index in [0.717, 1.165) is 11.5 Å². The molecule has 0 saturated carbocycles. The predicted octanol–water partition coefficient (Wildman–Crippen LogP) is 0.266. The molecule has 0 aliphatic carbocycles. The van der Waals surface area contributed by atoms with Crippen molar-refractivity contribution in [2.75, 3.05) is 0 Å². The van der Waals surface area contributed by atoms with E-state index in [1.165, 1.54) is 3.20 Å². The molecule has 1 aromatic heterocycles.